The highest BCUT2D eigenvalue weighted by Crippen LogP contribution is 2.23. The molecule has 1 N–H and O–H groups in total. The molecule has 0 saturated carbocycles. The van der Waals surface area contributed by atoms with Crippen molar-refractivity contribution in [3.05, 3.63) is 34.9 Å². The summed E-state index contributed by atoms with van der Waals surface area (Å²) in [5, 5.41) is 3.18. The van der Waals surface area contributed by atoms with Crippen LogP contribution in [0.15, 0.2) is 18.2 Å². The third-order valence-corrected chi connectivity index (χ3v) is 3.70. The zero-order valence-electron chi connectivity index (χ0n) is 11.7. The first-order chi connectivity index (χ1) is 8.96. The van der Waals surface area contributed by atoms with E-state index in [2.05, 4.69) is 5.32 Å². The number of hydrogen-bond acceptors (Lipinski definition) is 2. The average molecular weight is 268 g/mol. The van der Waals surface area contributed by atoms with Gasteiger partial charge >= 0.3 is 0 Å². The molecule has 0 aromatic heterocycles. The van der Waals surface area contributed by atoms with Crippen molar-refractivity contribution in [2.45, 2.75) is 26.2 Å². The predicted octanol–water partition coefficient (Wildman–Crippen LogP) is 2.39. The first-order valence-corrected chi connectivity index (χ1v) is 6.83. The molecule has 1 aromatic carbocycles. The van der Waals surface area contributed by atoms with Crippen LogP contribution < -0.4 is 5.32 Å². The van der Waals surface area contributed by atoms with Gasteiger partial charge in [0, 0.05) is 32.6 Å². The summed E-state index contributed by atoms with van der Waals surface area (Å²) in [6.45, 7) is 6.86. The van der Waals surface area contributed by atoms with Gasteiger partial charge < -0.3 is 5.32 Å². The average Bonchev–Trinajstić information content (AvgIpc) is 2.34. The van der Waals surface area contributed by atoms with E-state index in [9.17, 15) is 8.78 Å². The monoisotopic (exact) mass is 268 g/mol. The van der Waals surface area contributed by atoms with Gasteiger partial charge in [0.25, 0.3) is 5.92 Å². The second-order valence-corrected chi connectivity index (χ2v) is 5.48. The molecule has 0 amide bonds. The summed E-state index contributed by atoms with van der Waals surface area (Å²) in [7, 11) is 0. The molecule has 0 spiro atoms. The Labute approximate surface area is 113 Å². The minimum atomic E-state index is -2.65. The molecule has 1 saturated heterocycles. The highest BCUT2D eigenvalue weighted by atomic mass is 19.3. The number of hydrogen-bond donors (Lipinski definition) is 1. The van der Waals surface area contributed by atoms with Crippen LogP contribution in [-0.2, 0) is 6.42 Å². The van der Waals surface area contributed by atoms with Crippen molar-refractivity contribution >= 4 is 0 Å². The molecule has 19 heavy (non-hydrogen) atoms. The maximum Gasteiger partial charge on any atom is 0.264 e. The topological polar surface area (TPSA) is 15.3 Å². The fraction of sp³-hybridized carbons (Fsp3) is 0.600. The summed E-state index contributed by atoms with van der Waals surface area (Å²) in [6, 6.07) is 5.61. The Kier molecular flexibility index (Phi) is 4.53. The number of nitrogens with zero attached hydrogens (tertiary/aromatic N) is 1. The molecular formula is C15H22F2N2. The van der Waals surface area contributed by atoms with Gasteiger partial charge in [0.05, 0.1) is 6.54 Å². The SMILES string of the molecule is Cc1ccc(CC(F)(F)CN2CCNCC2)cc1C. The van der Waals surface area contributed by atoms with E-state index >= 15 is 0 Å². The van der Waals surface area contributed by atoms with Gasteiger partial charge in [-0.05, 0) is 30.5 Å². The number of alkyl halides is 2. The molecule has 1 aliphatic rings. The number of rotatable bonds is 4. The van der Waals surface area contributed by atoms with E-state index in [4.69, 9.17) is 0 Å². The zero-order valence-corrected chi connectivity index (χ0v) is 11.7. The van der Waals surface area contributed by atoms with Gasteiger partial charge in [-0.3, -0.25) is 4.90 Å². The van der Waals surface area contributed by atoms with Crippen molar-refractivity contribution in [2.75, 3.05) is 32.7 Å². The lowest BCUT2D eigenvalue weighted by atomic mass is 10.0. The summed E-state index contributed by atoms with van der Waals surface area (Å²) < 4.78 is 28.1. The molecule has 1 heterocycles. The molecule has 0 bridgehead atoms. The van der Waals surface area contributed by atoms with Crippen molar-refractivity contribution in [3.8, 4) is 0 Å². The van der Waals surface area contributed by atoms with Crippen molar-refractivity contribution in [2.24, 2.45) is 0 Å². The molecule has 1 fully saturated rings. The minimum Gasteiger partial charge on any atom is -0.314 e. The van der Waals surface area contributed by atoms with E-state index in [-0.39, 0.29) is 13.0 Å². The molecule has 106 valence electrons. The van der Waals surface area contributed by atoms with Crippen LogP contribution in [0.25, 0.3) is 0 Å². The third-order valence-electron chi connectivity index (χ3n) is 3.70. The smallest absolute Gasteiger partial charge is 0.264 e. The molecule has 2 nitrogen and oxygen atoms in total. The van der Waals surface area contributed by atoms with Crippen molar-refractivity contribution in [1.29, 1.82) is 0 Å². The lowest BCUT2D eigenvalue weighted by Crippen LogP contribution is -2.48. The summed E-state index contributed by atoms with van der Waals surface area (Å²) >= 11 is 0. The fourth-order valence-electron chi connectivity index (χ4n) is 2.46. The Morgan fingerprint density at radius 2 is 1.84 bits per heavy atom. The predicted molar refractivity (Wildman–Crippen MR) is 73.9 cm³/mol. The summed E-state index contributed by atoms with van der Waals surface area (Å²) in [5.41, 5.74) is 2.95. The Bertz CT molecular complexity index is 426. The second kappa shape index (κ2) is 5.97. The molecule has 4 heteroatoms. The number of halogens is 2. The van der Waals surface area contributed by atoms with Gasteiger partial charge in [0.1, 0.15) is 0 Å². The van der Waals surface area contributed by atoms with E-state index in [0.717, 1.165) is 29.8 Å². The molecular weight excluding hydrogens is 246 g/mol. The number of piperazine rings is 1. The fourth-order valence-corrected chi connectivity index (χ4v) is 2.46. The first-order valence-electron chi connectivity index (χ1n) is 6.83. The van der Waals surface area contributed by atoms with Crippen molar-refractivity contribution in [3.63, 3.8) is 0 Å². The number of aryl methyl sites for hydroxylation is 2. The maximum atomic E-state index is 14.1. The molecule has 0 radical (unpaired) electrons. The second-order valence-electron chi connectivity index (χ2n) is 5.48. The van der Waals surface area contributed by atoms with E-state index in [1.165, 1.54) is 0 Å². The van der Waals surface area contributed by atoms with Crippen LogP contribution in [-0.4, -0.2) is 43.5 Å². The Morgan fingerprint density at radius 1 is 1.16 bits per heavy atom. The highest BCUT2D eigenvalue weighted by molar-refractivity contribution is 5.30. The van der Waals surface area contributed by atoms with Crippen LogP contribution in [0.4, 0.5) is 8.78 Å². The van der Waals surface area contributed by atoms with E-state index in [0.29, 0.717) is 13.1 Å². The molecule has 1 aromatic rings. The summed E-state index contributed by atoms with van der Waals surface area (Å²) in [4.78, 5) is 1.84. The zero-order chi connectivity index (χ0) is 13.9. The van der Waals surface area contributed by atoms with E-state index in [1.807, 2.05) is 36.9 Å². The highest BCUT2D eigenvalue weighted by Gasteiger charge is 2.32. The third kappa shape index (κ3) is 4.25. The molecule has 1 aliphatic heterocycles. The van der Waals surface area contributed by atoms with Crippen LogP contribution in [0.1, 0.15) is 16.7 Å². The first kappa shape index (κ1) is 14.4. The van der Waals surface area contributed by atoms with Gasteiger partial charge in [-0.2, -0.15) is 0 Å². The lowest BCUT2D eigenvalue weighted by molar-refractivity contribution is -0.0337. The van der Waals surface area contributed by atoms with Gasteiger partial charge in [0.15, 0.2) is 0 Å². The maximum absolute atomic E-state index is 14.1. The van der Waals surface area contributed by atoms with Gasteiger partial charge in [-0.25, -0.2) is 8.78 Å². The van der Waals surface area contributed by atoms with Crippen LogP contribution in [0.3, 0.4) is 0 Å². The lowest BCUT2D eigenvalue weighted by Gasteiger charge is -2.30. The summed E-state index contributed by atoms with van der Waals surface area (Å²) in [6.07, 6.45) is -0.169. The standard InChI is InChI=1S/C15H22F2N2/c1-12-3-4-14(9-13(12)2)10-15(16,17)11-19-7-5-18-6-8-19/h3-4,9,18H,5-8,10-11H2,1-2H3. The van der Waals surface area contributed by atoms with Crippen LogP contribution in [0.5, 0.6) is 0 Å². The Hall–Kier alpha value is -1.00. The largest absolute Gasteiger partial charge is 0.314 e. The van der Waals surface area contributed by atoms with Crippen molar-refractivity contribution in [1.82, 2.24) is 10.2 Å². The quantitative estimate of drug-likeness (QED) is 0.902. The minimum absolute atomic E-state index is 0.137. The number of nitrogens with one attached hydrogen (secondary N) is 1. The van der Waals surface area contributed by atoms with E-state index in [1.54, 1.807) is 0 Å². The number of benzene rings is 1. The van der Waals surface area contributed by atoms with Gasteiger partial charge in [0.2, 0.25) is 0 Å². The molecule has 2 rings (SSSR count). The molecule has 0 unspecified atom stereocenters. The van der Waals surface area contributed by atoms with Crippen LogP contribution in [0.2, 0.25) is 0 Å². The summed E-state index contributed by atoms with van der Waals surface area (Å²) in [5.74, 6) is -2.65. The Morgan fingerprint density at radius 3 is 2.47 bits per heavy atom. The normalized spacial score (nSPS) is 17.7. The van der Waals surface area contributed by atoms with Crippen LogP contribution >= 0.6 is 0 Å². The van der Waals surface area contributed by atoms with Crippen LogP contribution in [0, 0.1) is 13.8 Å². The molecule has 0 atom stereocenters. The van der Waals surface area contributed by atoms with Gasteiger partial charge in [-0.15, -0.1) is 0 Å². The van der Waals surface area contributed by atoms with Gasteiger partial charge in [-0.1, -0.05) is 18.2 Å². The van der Waals surface area contributed by atoms with Crippen molar-refractivity contribution < 1.29 is 8.78 Å². The molecule has 0 aliphatic carbocycles. The van der Waals surface area contributed by atoms with E-state index < -0.39 is 5.92 Å². The Balaban J connectivity index is 1.96.